The van der Waals surface area contributed by atoms with Gasteiger partial charge in [0.2, 0.25) is 11.6 Å². The van der Waals surface area contributed by atoms with Crippen LogP contribution in [0.1, 0.15) is 36.2 Å². The number of aliphatic hydroxyl groups is 1. The minimum atomic E-state index is -0.641. The van der Waals surface area contributed by atoms with E-state index in [0.717, 1.165) is 5.57 Å². The van der Waals surface area contributed by atoms with Gasteiger partial charge in [0.15, 0.2) is 0 Å². The predicted octanol–water partition coefficient (Wildman–Crippen LogP) is 3.09. The quantitative estimate of drug-likeness (QED) is 0.678. The van der Waals surface area contributed by atoms with Crippen molar-refractivity contribution in [3.05, 3.63) is 46.5 Å². The Morgan fingerprint density at radius 1 is 1.20 bits per heavy atom. The third-order valence-electron chi connectivity index (χ3n) is 3.21. The fourth-order valence-corrected chi connectivity index (χ4v) is 2.07. The molecule has 0 heterocycles. The molecule has 0 radical (unpaired) electrons. The standard InChI is InChI=1S/C16H16O4/c1-9(2)4-6-12-14(17)13-8-10(20-3)5-7-11(13)15(18)16(12)19/h4-5,7-8,17H,6H2,1-3H3. The number of ketones is 2. The first kappa shape index (κ1) is 14.1. The Morgan fingerprint density at radius 3 is 2.50 bits per heavy atom. The van der Waals surface area contributed by atoms with E-state index >= 15 is 0 Å². The normalized spacial score (nSPS) is 14.2. The van der Waals surface area contributed by atoms with E-state index in [1.54, 1.807) is 12.1 Å². The lowest BCUT2D eigenvalue weighted by atomic mass is 9.86. The topological polar surface area (TPSA) is 63.6 Å². The lowest BCUT2D eigenvalue weighted by molar-refractivity contribution is -0.112. The Morgan fingerprint density at radius 2 is 1.90 bits per heavy atom. The van der Waals surface area contributed by atoms with Gasteiger partial charge in [-0.25, -0.2) is 0 Å². The number of carbonyl (C=O) groups excluding carboxylic acids is 2. The second kappa shape index (κ2) is 5.33. The molecule has 0 fully saturated rings. The Labute approximate surface area is 117 Å². The van der Waals surface area contributed by atoms with Crippen molar-refractivity contribution < 1.29 is 19.4 Å². The van der Waals surface area contributed by atoms with Crippen LogP contribution < -0.4 is 4.74 Å². The van der Waals surface area contributed by atoms with Crippen LogP contribution in [0, 0.1) is 0 Å². The molecule has 0 atom stereocenters. The minimum Gasteiger partial charge on any atom is -0.507 e. The van der Waals surface area contributed by atoms with Crippen LogP contribution in [0.5, 0.6) is 5.75 Å². The van der Waals surface area contributed by atoms with Crippen LogP contribution in [-0.2, 0) is 4.79 Å². The molecule has 0 amide bonds. The fourth-order valence-electron chi connectivity index (χ4n) is 2.07. The number of aliphatic hydroxyl groups excluding tert-OH is 1. The number of benzene rings is 1. The second-order valence-electron chi connectivity index (χ2n) is 4.88. The largest absolute Gasteiger partial charge is 0.507 e. The summed E-state index contributed by atoms with van der Waals surface area (Å²) in [4.78, 5) is 24.1. The van der Waals surface area contributed by atoms with Crippen molar-refractivity contribution in [1.82, 2.24) is 0 Å². The second-order valence-corrected chi connectivity index (χ2v) is 4.88. The third kappa shape index (κ3) is 2.37. The summed E-state index contributed by atoms with van der Waals surface area (Å²) in [5.41, 5.74) is 1.72. The van der Waals surface area contributed by atoms with Crippen LogP contribution in [0.3, 0.4) is 0 Å². The fraction of sp³-hybridized carbons (Fsp3) is 0.250. The summed E-state index contributed by atoms with van der Waals surface area (Å²) in [6, 6.07) is 4.66. The average Bonchev–Trinajstić information content (AvgIpc) is 2.44. The van der Waals surface area contributed by atoms with Crippen LogP contribution in [0.15, 0.2) is 35.4 Å². The maximum Gasteiger partial charge on any atom is 0.234 e. The number of hydrogen-bond donors (Lipinski definition) is 1. The highest BCUT2D eigenvalue weighted by Crippen LogP contribution is 2.32. The number of fused-ring (bicyclic) bond motifs is 1. The van der Waals surface area contributed by atoms with Crippen molar-refractivity contribution in [1.29, 1.82) is 0 Å². The van der Waals surface area contributed by atoms with E-state index < -0.39 is 11.6 Å². The Bertz CT molecular complexity index is 646. The van der Waals surface area contributed by atoms with Crippen LogP contribution in [0.4, 0.5) is 0 Å². The molecule has 4 heteroatoms. The summed E-state index contributed by atoms with van der Waals surface area (Å²) in [5, 5.41) is 10.3. The van der Waals surface area contributed by atoms with Gasteiger partial charge in [-0.05, 0) is 38.5 Å². The van der Waals surface area contributed by atoms with Gasteiger partial charge in [-0.15, -0.1) is 0 Å². The maximum atomic E-state index is 12.1. The van der Waals surface area contributed by atoms with Gasteiger partial charge in [0.1, 0.15) is 11.5 Å². The average molecular weight is 272 g/mol. The summed E-state index contributed by atoms with van der Waals surface area (Å²) in [5.74, 6) is -0.838. The molecular weight excluding hydrogens is 256 g/mol. The molecule has 20 heavy (non-hydrogen) atoms. The van der Waals surface area contributed by atoms with Crippen molar-refractivity contribution in [3.8, 4) is 5.75 Å². The minimum absolute atomic E-state index is 0.136. The number of rotatable bonds is 3. The zero-order chi connectivity index (χ0) is 14.9. The summed E-state index contributed by atoms with van der Waals surface area (Å²) >= 11 is 0. The monoisotopic (exact) mass is 272 g/mol. The number of Topliss-reactive ketones (excluding diaryl/α,β-unsaturated/α-hetero) is 2. The van der Waals surface area contributed by atoms with Crippen molar-refractivity contribution in [2.45, 2.75) is 20.3 Å². The smallest absolute Gasteiger partial charge is 0.234 e. The highest BCUT2D eigenvalue weighted by Gasteiger charge is 2.32. The Hall–Kier alpha value is -2.36. The van der Waals surface area contributed by atoms with Crippen molar-refractivity contribution in [2.24, 2.45) is 0 Å². The first-order valence-corrected chi connectivity index (χ1v) is 6.28. The van der Waals surface area contributed by atoms with Crippen molar-refractivity contribution in [2.75, 3.05) is 7.11 Å². The molecule has 0 saturated carbocycles. The third-order valence-corrected chi connectivity index (χ3v) is 3.21. The molecule has 1 aliphatic rings. The Balaban J connectivity index is 2.58. The molecule has 0 unspecified atom stereocenters. The predicted molar refractivity (Wildman–Crippen MR) is 75.9 cm³/mol. The molecule has 1 aromatic rings. The van der Waals surface area contributed by atoms with E-state index in [9.17, 15) is 14.7 Å². The highest BCUT2D eigenvalue weighted by molar-refractivity contribution is 6.52. The van der Waals surface area contributed by atoms with Gasteiger partial charge in [0.25, 0.3) is 0 Å². The van der Waals surface area contributed by atoms with Gasteiger partial charge in [-0.1, -0.05) is 11.6 Å². The number of allylic oxidation sites excluding steroid dienone is 3. The van der Waals surface area contributed by atoms with Gasteiger partial charge < -0.3 is 9.84 Å². The molecular formula is C16H16O4. The molecule has 0 bridgehead atoms. The first-order chi connectivity index (χ1) is 9.45. The number of methoxy groups -OCH3 is 1. The zero-order valence-corrected chi connectivity index (χ0v) is 11.7. The molecule has 0 aliphatic heterocycles. The van der Waals surface area contributed by atoms with Gasteiger partial charge in [0.05, 0.1) is 7.11 Å². The Kier molecular flexibility index (Phi) is 3.74. The summed E-state index contributed by atoms with van der Waals surface area (Å²) in [6.45, 7) is 3.79. The first-order valence-electron chi connectivity index (χ1n) is 6.28. The van der Waals surface area contributed by atoms with Crippen LogP contribution in [0.2, 0.25) is 0 Å². The molecule has 0 spiro atoms. The van der Waals surface area contributed by atoms with E-state index in [2.05, 4.69) is 0 Å². The lowest BCUT2D eigenvalue weighted by Crippen LogP contribution is -2.24. The van der Waals surface area contributed by atoms with Crippen molar-refractivity contribution in [3.63, 3.8) is 0 Å². The van der Waals surface area contributed by atoms with E-state index in [1.807, 2.05) is 19.9 Å². The van der Waals surface area contributed by atoms with E-state index in [0.29, 0.717) is 11.3 Å². The van der Waals surface area contributed by atoms with E-state index in [-0.39, 0.29) is 23.3 Å². The number of hydrogen-bond acceptors (Lipinski definition) is 4. The van der Waals surface area contributed by atoms with Crippen LogP contribution in [-0.4, -0.2) is 23.8 Å². The van der Waals surface area contributed by atoms with Gasteiger partial charge >= 0.3 is 0 Å². The van der Waals surface area contributed by atoms with Gasteiger partial charge in [-0.2, -0.15) is 0 Å². The molecule has 1 aliphatic carbocycles. The van der Waals surface area contributed by atoms with Crippen LogP contribution >= 0.6 is 0 Å². The maximum absolute atomic E-state index is 12.1. The zero-order valence-electron chi connectivity index (χ0n) is 11.7. The molecule has 2 rings (SSSR count). The lowest BCUT2D eigenvalue weighted by Gasteiger charge is -2.17. The summed E-state index contributed by atoms with van der Waals surface area (Å²) in [7, 11) is 1.50. The van der Waals surface area contributed by atoms with E-state index in [4.69, 9.17) is 4.74 Å². The molecule has 104 valence electrons. The highest BCUT2D eigenvalue weighted by atomic mass is 16.5. The number of carbonyl (C=O) groups is 2. The molecule has 0 saturated heterocycles. The molecule has 1 aromatic carbocycles. The molecule has 1 N–H and O–H groups in total. The van der Waals surface area contributed by atoms with Crippen molar-refractivity contribution >= 4 is 17.3 Å². The summed E-state index contributed by atoms with van der Waals surface area (Å²) < 4.78 is 5.08. The SMILES string of the molecule is COc1ccc2c(c1)C(O)=C(CC=C(C)C)C(=O)C2=O. The van der Waals surface area contributed by atoms with E-state index in [1.165, 1.54) is 13.2 Å². The number of ether oxygens (including phenoxy) is 1. The van der Waals surface area contributed by atoms with Crippen LogP contribution in [0.25, 0.3) is 5.76 Å². The van der Waals surface area contributed by atoms with Gasteiger partial charge in [-0.3, -0.25) is 9.59 Å². The van der Waals surface area contributed by atoms with Gasteiger partial charge in [0, 0.05) is 16.7 Å². The summed E-state index contributed by atoms with van der Waals surface area (Å²) in [6.07, 6.45) is 2.05. The molecule has 4 nitrogen and oxygen atoms in total. The molecule has 0 aromatic heterocycles.